The fraction of sp³-hybridized carbons (Fsp3) is 0.833. The molecule has 0 amide bonds. The smallest absolute Gasteiger partial charge is 0.334 e. The van der Waals surface area contributed by atoms with Crippen molar-refractivity contribution in [1.29, 1.82) is 0 Å². The second-order valence-corrected chi connectivity index (χ2v) is 2.31. The van der Waals surface area contributed by atoms with Gasteiger partial charge in [0.05, 0.1) is 7.11 Å². The summed E-state index contributed by atoms with van der Waals surface area (Å²) < 4.78 is 4.32. The van der Waals surface area contributed by atoms with Crippen LogP contribution in [0.2, 0.25) is 0 Å². The largest absolute Gasteiger partial charge is 0.467 e. The van der Waals surface area contributed by atoms with Gasteiger partial charge in [0, 0.05) is 0 Å². The van der Waals surface area contributed by atoms with Gasteiger partial charge in [0.2, 0.25) is 0 Å². The third-order valence-corrected chi connectivity index (χ3v) is 1.51. The minimum absolute atomic E-state index is 0.178. The SMILES string of the molecule is COC(=O)[C@H](O)C1CC1. The Morgan fingerprint density at radius 1 is 1.78 bits per heavy atom. The van der Waals surface area contributed by atoms with Gasteiger partial charge in [-0.25, -0.2) is 4.79 Å². The molecule has 1 N–H and O–H groups in total. The molecule has 1 saturated carbocycles. The van der Waals surface area contributed by atoms with Crippen LogP contribution < -0.4 is 0 Å². The Morgan fingerprint density at radius 3 is 2.67 bits per heavy atom. The van der Waals surface area contributed by atoms with Crippen molar-refractivity contribution in [2.24, 2.45) is 5.92 Å². The number of methoxy groups -OCH3 is 1. The Kier molecular flexibility index (Phi) is 1.71. The number of aliphatic hydroxyl groups excluding tert-OH is 1. The number of carbonyl (C=O) groups is 1. The molecule has 0 saturated heterocycles. The Bertz CT molecular complexity index is 117. The fourth-order valence-electron chi connectivity index (χ4n) is 0.725. The van der Waals surface area contributed by atoms with Crippen LogP contribution in [0, 0.1) is 5.92 Å². The summed E-state index contributed by atoms with van der Waals surface area (Å²) in [5.41, 5.74) is 0. The van der Waals surface area contributed by atoms with Gasteiger partial charge in [0.1, 0.15) is 0 Å². The Balaban J connectivity index is 2.30. The standard InChI is InChI=1S/C6H10O3/c1-9-6(8)5(7)4-2-3-4/h4-5,7H,2-3H2,1H3/t5-/m1/s1. The van der Waals surface area contributed by atoms with E-state index in [2.05, 4.69) is 4.74 Å². The van der Waals surface area contributed by atoms with E-state index in [0.717, 1.165) is 12.8 Å². The normalized spacial score (nSPS) is 21.1. The van der Waals surface area contributed by atoms with Gasteiger partial charge in [-0.1, -0.05) is 0 Å². The van der Waals surface area contributed by atoms with E-state index in [9.17, 15) is 4.79 Å². The molecule has 1 aliphatic rings. The molecular formula is C6H10O3. The zero-order valence-electron chi connectivity index (χ0n) is 5.33. The van der Waals surface area contributed by atoms with E-state index in [1.807, 2.05) is 0 Å². The van der Waals surface area contributed by atoms with Gasteiger partial charge in [0.15, 0.2) is 6.10 Å². The van der Waals surface area contributed by atoms with Gasteiger partial charge < -0.3 is 9.84 Å². The molecule has 0 aromatic carbocycles. The molecule has 0 aromatic rings. The second kappa shape index (κ2) is 2.35. The molecule has 0 spiro atoms. The predicted octanol–water partition coefficient (Wildman–Crippen LogP) is -0.0697. The number of rotatable bonds is 2. The van der Waals surface area contributed by atoms with E-state index in [-0.39, 0.29) is 5.92 Å². The van der Waals surface area contributed by atoms with Crippen LogP contribution in [0.1, 0.15) is 12.8 Å². The lowest BCUT2D eigenvalue weighted by atomic mass is 10.2. The maximum Gasteiger partial charge on any atom is 0.334 e. The Morgan fingerprint density at radius 2 is 2.33 bits per heavy atom. The number of aliphatic hydroxyl groups is 1. The van der Waals surface area contributed by atoms with Crippen molar-refractivity contribution in [2.45, 2.75) is 18.9 Å². The Labute approximate surface area is 53.6 Å². The quantitative estimate of drug-likeness (QED) is 0.532. The summed E-state index contributed by atoms with van der Waals surface area (Å²) in [6.07, 6.45) is 1.04. The van der Waals surface area contributed by atoms with Gasteiger partial charge >= 0.3 is 5.97 Å². The number of ether oxygens (including phenoxy) is 1. The summed E-state index contributed by atoms with van der Waals surface area (Å²) in [6, 6.07) is 0. The van der Waals surface area contributed by atoms with E-state index in [1.54, 1.807) is 0 Å². The topological polar surface area (TPSA) is 46.5 Å². The first-order valence-corrected chi connectivity index (χ1v) is 3.01. The van der Waals surface area contributed by atoms with Crippen LogP contribution in [0.15, 0.2) is 0 Å². The summed E-state index contributed by atoms with van der Waals surface area (Å²) in [5.74, 6) is -0.324. The molecule has 1 fully saturated rings. The lowest BCUT2D eigenvalue weighted by Crippen LogP contribution is -2.23. The minimum atomic E-state index is -0.866. The minimum Gasteiger partial charge on any atom is -0.467 e. The number of hydrogen-bond donors (Lipinski definition) is 1. The van der Waals surface area contributed by atoms with E-state index < -0.39 is 12.1 Å². The summed E-state index contributed by atoms with van der Waals surface area (Å²) in [4.78, 5) is 10.5. The summed E-state index contributed by atoms with van der Waals surface area (Å²) in [6.45, 7) is 0. The fourth-order valence-corrected chi connectivity index (χ4v) is 0.725. The van der Waals surface area contributed by atoms with Crippen LogP contribution in [0.5, 0.6) is 0 Å². The zero-order valence-corrected chi connectivity index (χ0v) is 5.33. The van der Waals surface area contributed by atoms with Gasteiger partial charge in [0.25, 0.3) is 0 Å². The molecule has 0 radical (unpaired) electrons. The van der Waals surface area contributed by atoms with Crippen molar-refractivity contribution in [1.82, 2.24) is 0 Å². The van der Waals surface area contributed by atoms with Gasteiger partial charge in [-0.2, -0.15) is 0 Å². The number of hydrogen-bond acceptors (Lipinski definition) is 3. The van der Waals surface area contributed by atoms with Gasteiger partial charge in [-0.3, -0.25) is 0 Å². The molecule has 52 valence electrons. The molecule has 0 aromatic heterocycles. The molecule has 9 heavy (non-hydrogen) atoms. The van der Waals surface area contributed by atoms with Crippen molar-refractivity contribution in [3.63, 3.8) is 0 Å². The Hall–Kier alpha value is -0.570. The van der Waals surface area contributed by atoms with Crippen molar-refractivity contribution < 1.29 is 14.6 Å². The highest BCUT2D eigenvalue weighted by molar-refractivity contribution is 5.74. The van der Waals surface area contributed by atoms with E-state index in [1.165, 1.54) is 7.11 Å². The summed E-state index contributed by atoms with van der Waals surface area (Å²) in [7, 11) is 1.29. The molecule has 1 atom stereocenters. The summed E-state index contributed by atoms with van der Waals surface area (Å²) >= 11 is 0. The first-order chi connectivity index (χ1) is 4.25. The zero-order chi connectivity index (χ0) is 6.85. The molecule has 3 heteroatoms. The van der Waals surface area contributed by atoms with Crippen molar-refractivity contribution in [3.05, 3.63) is 0 Å². The molecule has 0 bridgehead atoms. The van der Waals surface area contributed by atoms with Crippen LogP contribution in [0.25, 0.3) is 0 Å². The molecule has 1 rings (SSSR count). The van der Waals surface area contributed by atoms with Crippen LogP contribution in [0.3, 0.4) is 0 Å². The van der Waals surface area contributed by atoms with Gasteiger partial charge in [-0.05, 0) is 18.8 Å². The highest BCUT2D eigenvalue weighted by atomic mass is 16.5. The van der Waals surface area contributed by atoms with Crippen molar-refractivity contribution >= 4 is 5.97 Å². The first-order valence-electron chi connectivity index (χ1n) is 3.01. The van der Waals surface area contributed by atoms with Gasteiger partial charge in [-0.15, -0.1) is 0 Å². The van der Waals surface area contributed by atoms with Crippen LogP contribution in [-0.2, 0) is 9.53 Å². The molecular weight excluding hydrogens is 120 g/mol. The lowest BCUT2D eigenvalue weighted by Gasteiger charge is -2.03. The number of carbonyl (C=O) groups excluding carboxylic acids is 1. The molecule has 0 heterocycles. The van der Waals surface area contributed by atoms with Crippen LogP contribution in [0.4, 0.5) is 0 Å². The van der Waals surface area contributed by atoms with E-state index in [4.69, 9.17) is 5.11 Å². The van der Waals surface area contributed by atoms with Crippen LogP contribution in [-0.4, -0.2) is 24.3 Å². The average Bonchev–Trinajstić information content (AvgIpc) is 2.66. The van der Waals surface area contributed by atoms with Crippen LogP contribution >= 0.6 is 0 Å². The monoisotopic (exact) mass is 130 g/mol. The molecule has 0 aliphatic heterocycles. The maximum atomic E-state index is 10.5. The average molecular weight is 130 g/mol. The predicted molar refractivity (Wildman–Crippen MR) is 30.7 cm³/mol. The highest BCUT2D eigenvalue weighted by Crippen LogP contribution is 2.32. The number of esters is 1. The maximum absolute atomic E-state index is 10.5. The van der Waals surface area contributed by atoms with Crippen molar-refractivity contribution in [2.75, 3.05) is 7.11 Å². The first kappa shape index (κ1) is 6.55. The van der Waals surface area contributed by atoms with E-state index >= 15 is 0 Å². The molecule has 0 unspecified atom stereocenters. The van der Waals surface area contributed by atoms with Crippen molar-refractivity contribution in [3.8, 4) is 0 Å². The van der Waals surface area contributed by atoms with E-state index in [0.29, 0.717) is 0 Å². The third-order valence-electron chi connectivity index (χ3n) is 1.51. The summed E-state index contributed by atoms with van der Waals surface area (Å²) in [5, 5.41) is 8.98. The third kappa shape index (κ3) is 1.42. The second-order valence-electron chi connectivity index (χ2n) is 2.31. The highest BCUT2D eigenvalue weighted by Gasteiger charge is 2.35. The molecule has 1 aliphatic carbocycles. The lowest BCUT2D eigenvalue weighted by molar-refractivity contribution is -0.151. The molecule has 3 nitrogen and oxygen atoms in total.